The van der Waals surface area contributed by atoms with Crippen molar-refractivity contribution in [1.82, 2.24) is 0 Å². The van der Waals surface area contributed by atoms with Gasteiger partial charge in [-0.3, -0.25) is 0 Å². The fraction of sp³-hybridized carbons (Fsp3) is 0.906. The van der Waals surface area contributed by atoms with Crippen LogP contribution in [0.25, 0.3) is 0 Å². The van der Waals surface area contributed by atoms with Crippen LogP contribution in [0.1, 0.15) is 98.8 Å². The van der Waals surface area contributed by atoms with Crippen molar-refractivity contribution < 1.29 is 33.6 Å². The maximum atomic E-state index is 12.4. The second-order valence-corrected chi connectivity index (χ2v) is 14.6. The molecule has 2 aliphatic heterocycles. The van der Waals surface area contributed by atoms with Gasteiger partial charge in [-0.2, -0.15) is 0 Å². The zero-order valence-corrected chi connectivity index (χ0v) is 24.8. The summed E-state index contributed by atoms with van der Waals surface area (Å²) in [5, 5.41) is 12.4. The predicted octanol–water partition coefficient (Wildman–Crippen LogP) is 5.53. The Morgan fingerprint density at radius 1 is 0.949 bits per heavy atom. The van der Waals surface area contributed by atoms with Crippen LogP contribution in [-0.2, 0) is 28.5 Å². The quantitative estimate of drug-likeness (QED) is 0.282. The fourth-order valence-corrected chi connectivity index (χ4v) is 10.2. The predicted molar refractivity (Wildman–Crippen MR) is 145 cm³/mol. The third-order valence-electron chi connectivity index (χ3n) is 12.4. The van der Waals surface area contributed by atoms with E-state index in [2.05, 4.69) is 20.8 Å². The molecule has 0 aromatic heterocycles. The topological polar surface area (TPSA) is 83.5 Å². The van der Waals surface area contributed by atoms with E-state index in [1.165, 1.54) is 7.11 Å². The minimum absolute atomic E-state index is 0.0213. The molecule has 6 aliphatic rings. The van der Waals surface area contributed by atoms with E-state index in [0.717, 1.165) is 64.2 Å². The first-order valence-corrected chi connectivity index (χ1v) is 15.5. The molecule has 4 saturated carbocycles. The molecule has 4 aliphatic carbocycles. The Balaban J connectivity index is 1.11. The van der Waals surface area contributed by atoms with Crippen molar-refractivity contribution in [1.29, 1.82) is 0 Å². The lowest BCUT2D eigenvalue weighted by atomic mass is 9.43. The molecule has 12 atom stereocenters. The van der Waals surface area contributed by atoms with Crippen LogP contribution in [0.5, 0.6) is 0 Å². The van der Waals surface area contributed by atoms with Crippen molar-refractivity contribution in [2.24, 2.45) is 34.5 Å². The van der Waals surface area contributed by atoms with Crippen LogP contribution in [0.3, 0.4) is 0 Å². The summed E-state index contributed by atoms with van der Waals surface area (Å²) in [6.45, 7) is 10.8. The molecule has 0 aromatic rings. The summed E-state index contributed by atoms with van der Waals surface area (Å²) in [7, 11) is 1.42. The van der Waals surface area contributed by atoms with Gasteiger partial charge in [0.2, 0.25) is 0 Å². The SMILES string of the molecule is COC(=O)C=C[C@H]1CC[C@]2(O)[C@@H]3CC[C@@H]4C[C@@H](O[C@@H]5C[C@@H]6OC(C)(C)O[C@@H]6[C@@H](C)O5)CC[C@]4(C)[C@H]3CC[C@]12C. The molecule has 2 heterocycles. The molecule has 6 fully saturated rings. The second kappa shape index (κ2) is 9.79. The highest BCUT2D eigenvalue weighted by atomic mass is 16.8. The van der Waals surface area contributed by atoms with Crippen LogP contribution in [0.2, 0.25) is 0 Å². The summed E-state index contributed by atoms with van der Waals surface area (Å²) in [5.41, 5.74) is -0.615. The molecule has 0 aromatic carbocycles. The Hall–Kier alpha value is -0.990. The third kappa shape index (κ3) is 4.54. The Kier molecular flexibility index (Phi) is 7.07. The zero-order chi connectivity index (χ0) is 27.8. The Labute approximate surface area is 234 Å². The summed E-state index contributed by atoms with van der Waals surface area (Å²) in [6.07, 6.45) is 13.6. The number of methoxy groups -OCH3 is 1. The van der Waals surface area contributed by atoms with Crippen molar-refractivity contribution in [3.8, 4) is 0 Å². The Bertz CT molecular complexity index is 980. The smallest absolute Gasteiger partial charge is 0.330 e. The highest BCUT2D eigenvalue weighted by Gasteiger charge is 2.66. The number of allylic oxidation sites excluding steroid dienone is 1. The summed E-state index contributed by atoms with van der Waals surface area (Å²) in [6, 6.07) is 0. The molecule has 6 rings (SSSR count). The maximum Gasteiger partial charge on any atom is 0.330 e. The van der Waals surface area contributed by atoms with Crippen molar-refractivity contribution in [2.45, 2.75) is 141 Å². The highest BCUT2D eigenvalue weighted by molar-refractivity contribution is 5.81. The van der Waals surface area contributed by atoms with Crippen molar-refractivity contribution >= 4 is 5.97 Å². The first-order chi connectivity index (χ1) is 18.4. The molecular formula is C32H50O7. The molecule has 0 amide bonds. The van der Waals surface area contributed by atoms with Gasteiger partial charge in [0.15, 0.2) is 12.1 Å². The summed E-state index contributed by atoms with van der Waals surface area (Å²) in [5.74, 6) is 0.820. The molecule has 39 heavy (non-hydrogen) atoms. The number of esters is 1. The van der Waals surface area contributed by atoms with Crippen LogP contribution in [-0.4, -0.2) is 60.3 Å². The van der Waals surface area contributed by atoms with E-state index in [1.807, 2.05) is 19.9 Å². The zero-order valence-electron chi connectivity index (χ0n) is 24.8. The molecule has 1 N–H and O–H groups in total. The van der Waals surface area contributed by atoms with E-state index in [1.54, 1.807) is 6.08 Å². The number of ether oxygens (including phenoxy) is 5. The van der Waals surface area contributed by atoms with Crippen LogP contribution in [0, 0.1) is 34.5 Å². The minimum atomic E-state index is -0.665. The number of hydrogen-bond donors (Lipinski definition) is 1. The van der Waals surface area contributed by atoms with E-state index in [0.29, 0.717) is 17.8 Å². The standard InChI is InChI=1S/C32H50O7/c1-19-28-25(38-29(2,3)39-28)18-27(36-19)37-22-12-14-30(4)21(17-22)7-9-24-23(30)13-15-31(5)20(8-10-26(33)35-6)11-16-32(24,31)34/h8,10,19-25,27-28,34H,7,9,11-18H2,1-6H3/t19-,20+,21-,22+,23+,24-,25+,27-,28-,30+,31-,32+/m1/s1. The van der Waals surface area contributed by atoms with Gasteiger partial charge in [0.05, 0.1) is 31.0 Å². The average Bonchev–Trinajstić information content (AvgIpc) is 3.34. The van der Waals surface area contributed by atoms with Gasteiger partial charge in [0.25, 0.3) is 0 Å². The molecule has 7 nitrogen and oxygen atoms in total. The molecule has 0 bridgehead atoms. The van der Waals surface area contributed by atoms with Crippen molar-refractivity contribution in [3.63, 3.8) is 0 Å². The molecule has 7 heteroatoms. The molecule has 0 spiro atoms. The maximum absolute atomic E-state index is 12.4. The van der Waals surface area contributed by atoms with E-state index in [9.17, 15) is 9.90 Å². The van der Waals surface area contributed by atoms with Gasteiger partial charge >= 0.3 is 5.97 Å². The van der Waals surface area contributed by atoms with Crippen LogP contribution in [0.4, 0.5) is 0 Å². The Morgan fingerprint density at radius 3 is 2.51 bits per heavy atom. The fourth-order valence-electron chi connectivity index (χ4n) is 10.2. The number of carbonyl (C=O) groups is 1. The van der Waals surface area contributed by atoms with Gasteiger partial charge < -0.3 is 28.8 Å². The second-order valence-electron chi connectivity index (χ2n) is 14.6. The molecular weight excluding hydrogens is 496 g/mol. The molecule has 0 unspecified atom stereocenters. The Morgan fingerprint density at radius 2 is 1.74 bits per heavy atom. The van der Waals surface area contributed by atoms with Gasteiger partial charge in [0.1, 0.15) is 6.10 Å². The van der Waals surface area contributed by atoms with E-state index < -0.39 is 11.4 Å². The molecule has 220 valence electrons. The van der Waals surface area contributed by atoms with Crippen LogP contribution < -0.4 is 0 Å². The number of hydrogen-bond acceptors (Lipinski definition) is 7. The van der Waals surface area contributed by atoms with Crippen LogP contribution >= 0.6 is 0 Å². The highest BCUT2D eigenvalue weighted by Crippen LogP contribution is 2.69. The monoisotopic (exact) mass is 546 g/mol. The average molecular weight is 547 g/mol. The first kappa shape index (κ1) is 28.1. The van der Waals surface area contributed by atoms with Gasteiger partial charge in [-0.1, -0.05) is 19.9 Å². The van der Waals surface area contributed by atoms with E-state index in [4.69, 9.17) is 23.7 Å². The summed E-state index contributed by atoms with van der Waals surface area (Å²) in [4.78, 5) is 11.8. The first-order valence-electron chi connectivity index (χ1n) is 15.5. The summed E-state index contributed by atoms with van der Waals surface area (Å²) < 4.78 is 30.0. The van der Waals surface area contributed by atoms with Crippen molar-refractivity contribution in [3.05, 3.63) is 12.2 Å². The molecule has 0 radical (unpaired) electrons. The van der Waals surface area contributed by atoms with Crippen molar-refractivity contribution in [2.75, 3.05) is 7.11 Å². The number of rotatable bonds is 4. The minimum Gasteiger partial charge on any atom is -0.466 e. The number of carbonyl (C=O) groups excluding carboxylic acids is 1. The van der Waals surface area contributed by atoms with E-state index in [-0.39, 0.29) is 53.4 Å². The number of aliphatic hydroxyl groups is 1. The van der Waals surface area contributed by atoms with Gasteiger partial charge in [0, 0.05) is 17.9 Å². The van der Waals surface area contributed by atoms with Gasteiger partial charge in [-0.05, 0) is 108 Å². The van der Waals surface area contributed by atoms with Crippen LogP contribution in [0.15, 0.2) is 12.2 Å². The largest absolute Gasteiger partial charge is 0.466 e. The lowest BCUT2D eigenvalue weighted by Crippen LogP contribution is -2.62. The lowest BCUT2D eigenvalue weighted by Gasteiger charge is -2.63. The number of fused-ring (bicyclic) bond motifs is 6. The lowest BCUT2D eigenvalue weighted by molar-refractivity contribution is -0.257. The molecule has 2 saturated heterocycles. The summed E-state index contributed by atoms with van der Waals surface area (Å²) >= 11 is 0. The van der Waals surface area contributed by atoms with Gasteiger partial charge in [-0.15, -0.1) is 0 Å². The van der Waals surface area contributed by atoms with Gasteiger partial charge in [-0.25, -0.2) is 4.79 Å². The normalized spacial score (nSPS) is 52.5. The van der Waals surface area contributed by atoms with E-state index >= 15 is 0 Å². The third-order valence-corrected chi connectivity index (χ3v) is 12.4.